The van der Waals surface area contributed by atoms with Crippen LogP contribution in [0.15, 0.2) is 11.0 Å². The van der Waals surface area contributed by atoms with E-state index in [0.717, 1.165) is 0 Å². The lowest BCUT2D eigenvalue weighted by atomic mass is 10.3. The van der Waals surface area contributed by atoms with Crippen molar-refractivity contribution in [2.24, 2.45) is 5.73 Å². The number of H-pyrrole nitrogens is 1. The van der Waals surface area contributed by atoms with Crippen molar-refractivity contribution in [1.82, 2.24) is 15.4 Å². The number of aromatic nitrogens is 3. The molecule has 1 rings (SSSR count). The van der Waals surface area contributed by atoms with Crippen molar-refractivity contribution in [3.63, 3.8) is 0 Å². The van der Waals surface area contributed by atoms with Crippen LogP contribution < -0.4 is 11.3 Å². The van der Waals surface area contributed by atoms with Crippen LogP contribution in [0.5, 0.6) is 0 Å². The van der Waals surface area contributed by atoms with Crippen molar-refractivity contribution in [2.45, 2.75) is 6.54 Å². The third-order valence-electron chi connectivity index (χ3n) is 0.934. The van der Waals surface area contributed by atoms with Crippen LogP contribution in [-0.2, 0) is 6.54 Å². The van der Waals surface area contributed by atoms with E-state index >= 15 is 0 Å². The maximum atomic E-state index is 10.6. The van der Waals surface area contributed by atoms with Gasteiger partial charge in [0.2, 0.25) is 0 Å². The number of nitrogens with one attached hydrogen (secondary N) is 1. The highest BCUT2D eigenvalue weighted by Crippen LogP contribution is 1.77. The summed E-state index contributed by atoms with van der Waals surface area (Å²) in [5, 5.41) is 8.83. The molecule has 9 heavy (non-hydrogen) atoms. The summed E-state index contributed by atoms with van der Waals surface area (Å²) in [6.45, 7) is 0.199. The molecule has 5 heteroatoms. The first-order chi connectivity index (χ1) is 4.34. The molecule has 48 valence electrons. The number of hydrogen-bond acceptors (Lipinski definition) is 4. The summed E-state index contributed by atoms with van der Waals surface area (Å²) in [6.07, 6.45) is 1.35. The highest BCUT2D eigenvalue weighted by molar-refractivity contribution is 4.99. The molecule has 0 bridgehead atoms. The average molecular weight is 126 g/mol. The average Bonchev–Trinajstić information content (AvgIpc) is 1.89. The van der Waals surface area contributed by atoms with Gasteiger partial charge in [0, 0.05) is 6.54 Å². The standard InChI is InChI=1S/C4H6N4O/c5-1-3-2-6-8-7-4(3)9/h2H,1,5H2,(H,6,7,9). The van der Waals surface area contributed by atoms with Gasteiger partial charge in [0.25, 0.3) is 5.56 Å². The fraction of sp³-hybridized carbons (Fsp3) is 0.250. The number of nitrogens with two attached hydrogens (primary N) is 1. The first kappa shape index (κ1) is 5.90. The molecule has 0 saturated carbocycles. The molecule has 0 amide bonds. The summed E-state index contributed by atoms with van der Waals surface area (Å²) < 4.78 is 0. The van der Waals surface area contributed by atoms with Gasteiger partial charge < -0.3 is 5.73 Å². The summed E-state index contributed by atoms with van der Waals surface area (Å²) in [5.74, 6) is 0. The summed E-state index contributed by atoms with van der Waals surface area (Å²) in [4.78, 5) is 10.6. The molecule has 0 saturated heterocycles. The van der Waals surface area contributed by atoms with Gasteiger partial charge in [-0.1, -0.05) is 5.21 Å². The van der Waals surface area contributed by atoms with Gasteiger partial charge in [-0.05, 0) is 0 Å². The maximum Gasteiger partial charge on any atom is 0.271 e. The van der Waals surface area contributed by atoms with Gasteiger partial charge in [0.1, 0.15) is 0 Å². The lowest BCUT2D eigenvalue weighted by molar-refractivity contribution is 0.808. The van der Waals surface area contributed by atoms with Gasteiger partial charge >= 0.3 is 0 Å². The molecule has 0 radical (unpaired) electrons. The second kappa shape index (κ2) is 2.36. The van der Waals surface area contributed by atoms with Gasteiger partial charge in [-0.2, -0.15) is 0 Å². The number of nitrogens with zero attached hydrogens (tertiary/aromatic N) is 2. The third kappa shape index (κ3) is 1.11. The second-order valence-electron chi connectivity index (χ2n) is 1.51. The summed E-state index contributed by atoms with van der Waals surface area (Å²) >= 11 is 0. The Morgan fingerprint density at radius 1 is 1.78 bits per heavy atom. The lowest BCUT2D eigenvalue weighted by Gasteiger charge is -1.87. The predicted octanol–water partition coefficient (Wildman–Crippen LogP) is -1.38. The van der Waals surface area contributed by atoms with E-state index in [9.17, 15) is 4.79 Å². The predicted molar refractivity (Wildman–Crippen MR) is 30.5 cm³/mol. The fourth-order valence-electron chi connectivity index (χ4n) is 0.449. The van der Waals surface area contributed by atoms with Crippen LogP contribution in [0, 0.1) is 0 Å². The minimum Gasteiger partial charge on any atom is -0.326 e. The monoisotopic (exact) mass is 126 g/mol. The fourth-order valence-corrected chi connectivity index (χ4v) is 0.449. The van der Waals surface area contributed by atoms with Gasteiger partial charge in [-0.15, -0.1) is 5.10 Å². The van der Waals surface area contributed by atoms with E-state index in [1.165, 1.54) is 6.20 Å². The summed E-state index contributed by atoms with van der Waals surface area (Å²) in [7, 11) is 0. The Hall–Kier alpha value is -1.23. The van der Waals surface area contributed by atoms with E-state index in [4.69, 9.17) is 5.73 Å². The highest BCUT2D eigenvalue weighted by Gasteiger charge is 1.92. The molecule has 0 aromatic carbocycles. The van der Waals surface area contributed by atoms with Crippen molar-refractivity contribution in [3.8, 4) is 0 Å². The number of rotatable bonds is 1. The normalized spacial score (nSPS) is 9.44. The maximum absolute atomic E-state index is 10.6. The number of aromatic amines is 1. The molecule has 1 aromatic rings. The van der Waals surface area contributed by atoms with Crippen molar-refractivity contribution in [1.29, 1.82) is 0 Å². The van der Waals surface area contributed by atoms with Crippen LogP contribution in [-0.4, -0.2) is 15.4 Å². The van der Waals surface area contributed by atoms with Gasteiger partial charge in [-0.3, -0.25) is 4.79 Å². The van der Waals surface area contributed by atoms with Crippen molar-refractivity contribution >= 4 is 0 Å². The van der Waals surface area contributed by atoms with Crippen molar-refractivity contribution in [2.75, 3.05) is 0 Å². The highest BCUT2D eigenvalue weighted by atomic mass is 16.1. The minimum absolute atomic E-state index is 0.199. The van der Waals surface area contributed by atoms with E-state index in [-0.39, 0.29) is 12.1 Å². The Kier molecular flexibility index (Phi) is 1.55. The Labute approximate surface area is 50.9 Å². The molecule has 0 aliphatic rings. The zero-order valence-electron chi connectivity index (χ0n) is 4.66. The van der Waals surface area contributed by atoms with Crippen LogP contribution >= 0.6 is 0 Å². The van der Waals surface area contributed by atoms with Crippen LogP contribution in [0.25, 0.3) is 0 Å². The van der Waals surface area contributed by atoms with Gasteiger partial charge in [-0.25, -0.2) is 5.10 Å². The third-order valence-corrected chi connectivity index (χ3v) is 0.934. The summed E-state index contributed by atoms with van der Waals surface area (Å²) in [5.41, 5.74) is 5.34. The molecule has 0 aliphatic heterocycles. The molecule has 0 spiro atoms. The first-order valence-electron chi connectivity index (χ1n) is 2.44. The van der Waals surface area contributed by atoms with Gasteiger partial charge in [0.05, 0.1) is 11.8 Å². The van der Waals surface area contributed by atoms with E-state index in [0.29, 0.717) is 5.56 Å². The van der Waals surface area contributed by atoms with Crippen LogP contribution in [0.3, 0.4) is 0 Å². The van der Waals surface area contributed by atoms with Gasteiger partial charge in [0.15, 0.2) is 0 Å². The van der Waals surface area contributed by atoms with Crippen molar-refractivity contribution in [3.05, 3.63) is 22.1 Å². The molecule has 1 heterocycles. The Morgan fingerprint density at radius 2 is 2.56 bits per heavy atom. The number of hydrogen-bond donors (Lipinski definition) is 2. The largest absolute Gasteiger partial charge is 0.326 e. The molecule has 5 nitrogen and oxygen atoms in total. The Bertz CT molecular complexity index is 242. The topological polar surface area (TPSA) is 84.7 Å². The molecular weight excluding hydrogens is 120 g/mol. The van der Waals surface area contributed by atoms with E-state index in [2.05, 4.69) is 15.4 Å². The smallest absolute Gasteiger partial charge is 0.271 e. The SMILES string of the molecule is NCc1cnn[nH]c1=O. The lowest BCUT2D eigenvalue weighted by Crippen LogP contribution is -2.17. The first-order valence-corrected chi connectivity index (χ1v) is 2.44. The molecule has 3 N–H and O–H groups in total. The van der Waals surface area contributed by atoms with Crippen LogP contribution in [0.2, 0.25) is 0 Å². The Balaban J connectivity index is 3.16. The minimum atomic E-state index is -0.271. The van der Waals surface area contributed by atoms with E-state index in [1.807, 2.05) is 0 Å². The summed E-state index contributed by atoms with van der Waals surface area (Å²) in [6, 6.07) is 0. The molecule has 0 atom stereocenters. The molecular formula is C4H6N4O. The molecule has 0 fully saturated rings. The van der Waals surface area contributed by atoms with Crippen LogP contribution in [0.4, 0.5) is 0 Å². The van der Waals surface area contributed by atoms with E-state index in [1.54, 1.807) is 0 Å². The molecule has 0 unspecified atom stereocenters. The molecule has 0 aliphatic carbocycles. The van der Waals surface area contributed by atoms with E-state index < -0.39 is 0 Å². The zero-order valence-corrected chi connectivity index (χ0v) is 4.66. The molecule has 1 aromatic heterocycles. The second-order valence-corrected chi connectivity index (χ2v) is 1.51. The van der Waals surface area contributed by atoms with Crippen LogP contribution in [0.1, 0.15) is 5.56 Å². The zero-order chi connectivity index (χ0) is 6.69. The quantitative estimate of drug-likeness (QED) is 0.486. The Morgan fingerprint density at radius 3 is 3.00 bits per heavy atom. The van der Waals surface area contributed by atoms with Crippen molar-refractivity contribution < 1.29 is 0 Å².